The molecule has 0 atom stereocenters. The highest BCUT2D eigenvalue weighted by atomic mass is 16.3. The minimum Gasteiger partial charge on any atom is -0.394 e. The van der Waals surface area contributed by atoms with Crippen LogP contribution in [-0.4, -0.2) is 35.5 Å². The second-order valence-electron chi connectivity index (χ2n) is 3.18. The van der Waals surface area contributed by atoms with Crippen LogP contribution in [-0.2, 0) is 0 Å². The van der Waals surface area contributed by atoms with E-state index in [2.05, 4.69) is 11.2 Å². The standard InChI is InChI=1S/C10H19NO2/c1-3-5-6-7-11-10(4-2,8-12)9-13/h1,11-13H,4-9H2,2H3. The Hall–Kier alpha value is -0.560. The summed E-state index contributed by atoms with van der Waals surface area (Å²) >= 11 is 0. The van der Waals surface area contributed by atoms with Gasteiger partial charge in [0, 0.05) is 6.42 Å². The minimum absolute atomic E-state index is 0.0456. The first-order valence-electron chi connectivity index (χ1n) is 4.65. The molecule has 0 bridgehead atoms. The van der Waals surface area contributed by atoms with Gasteiger partial charge in [-0.05, 0) is 19.4 Å². The molecule has 3 N–H and O–H groups in total. The van der Waals surface area contributed by atoms with Gasteiger partial charge in [0.2, 0.25) is 0 Å². The highest BCUT2D eigenvalue weighted by Crippen LogP contribution is 2.07. The lowest BCUT2D eigenvalue weighted by Crippen LogP contribution is -2.51. The number of rotatable bonds is 7. The first-order valence-corrected chi connectivity index (χ1v) is 4.65. The topological polar surface area (TPSA) is 52.5 Å². The van der Waals surface area contributed by atoms with E-state index >= 15 is 0 Å². The van der Waals surface area contributed by atoms with Crippen LogP contribution < -0.4 is 5.32 Å². The van der Waals surface area contributed by atoms with E-state index in [1.54, 1.807) is 0 Å². The van der Waals surface area contributed by atoms with Crippen LogP contribution in [0, 0.1) is 12.3 Å². The van der Waals surface area contributed by atoms with Crippen molar-refractivity contribution in [1.29, 1.82) is 0 Å². The average molecular weight is 185 g/mol. The minimum atomic E-state index is -0.533. The van der Waals surface area contributed by atoms with Gasteiger partial charge in [-0.25, -0.2) is 0 Å². The van der Waals surface area contributed by atoms with Crippen LogP contribution in [0.4, 0.5) is 0 Å². The molecule has 0 aromatic heterocycles. The van der Waals surface area contributed by atoms with Gasteiger partial charge in [0.05, 0.1) is 18.8 Å². The van der Waals surface area contributed by atoms with Crippen molar-refractivity contribution in [3.8, 4) is 12.3 Å². The van der Waals surface area contributed by atoms with E-state index in [1.165, 1.54) is 0 Å². The first kappa shape index (κ1) is 12.4. The lowest BCUT2D eigenvalue weighted by Gasteiger charge is -2.29. The smallest absolute Gasteiger partial charge is 0.0645 e. The number of nitrogens with one attached hydrogen (secondary N) is 1. The van der Waals surface area contributed by atoms with Gasteiger partial charge in [-0.3, -0.25) is 0 Å². The molecule has 0 unspecified atom stereocenters. The van der Waals surface area contributed by atoms with Gasteiger partial charge in [0.15, 0.2) is 0 Å². The summed E-state index contributed by atoms with van der Waals surface area (Å²) in [5.74, 6) is 2.54. The summed E-state index contributed by atoms with van der Waals surface area (Å²) in [6.45, 7) is 2.58. The maximum atomic E-state index is 9.07. The molecule has 3 nitrogen and oxygen atoms in total. The van der Waals surface area contributed by atoms with Crippen molar-refractivity contribution in [2.75, 3.05) is 19.8 Å². The molecule has 0 spiro atoms. The largest absolute Gasteiger partial charge is 0.394 e. The Morgan fingerprint density at radius 1 is 1.38 bits per heavy atom. The molecule has 13 heavy (non-hydrogen) atoms. The monoisotopic (exact) mass is 185 g/mol. The van der Waals surface area contributed by atoms with Gasteiger partial charge in [0.25, 0.3) is 0 Å². The summed E-state index contributed by atoms with van der Waals surface area (Å²) in [7, 11) is 0. The lowest BCUT2D eigenvalue weighted by molar-refractivity contribution is 0.0879. The van der Waals surface area contributed by atoms with Gasteiger partial charge in [0.1, 0.15) is 0 Å². The summed E-state index contributed by atoms with van der Waals surface area (Å²) in [4.78, 5) is 0. The SMILES string of the molecule is C#CCCCNC(CC)(CO)CO. The van der Waals surface area contributed by atoms with Crippen LogP contribution in [0.15, 0.2) is 0 Å². The highest BCUT2D eigenvalue weighted by molar-refractivity contribution is 4.87. The van der Waals surface area contributed by atoms with E-state index < -0.39 is 5.54 Å². The van der Waals surface area contributed by atoms with Crippen LogP contribution in [0.5, 0.6) is 0 Å². The molecule has 0 aliphatic rings. The third-order valence-electron chi connectivity index (χ3n) is 2.28. The van der Waals surface area contributed by atoms with Crippen LogP contribution in [0.2, 0.25) is 0 Å². The van der Waals surface area contributed by atoms with Gasteiger partial charge >= 0.3 is 0 Å². The van der Waals surface area contributed by atoms with E-state index in [0.29, 0.717) is 6.42 Å². The van der Waals surface area contributed by atoms with Crippen LogP contribution in [0.3, 0.4) is 0 Å². The Balaban J connectivity index is 3.76. The molecule has 0 aliphatic heterocycles. The Labute approximate surface area is 80.2 Å². The molecule has 0 aliphatic carbocycles. The fourth-order valence-corrected chi connectivity index (χ4v) is 1.05. The molecule has 0 saturated carbocycles. The summed E-state index contributed by atoms with van der Waals surface area (Å²) in [6, 6.07) is 0. The molecule has 76 valence electrons. The average Bonchev–Trinajstić information content (AvgIpc) is 2.20. The lowest BCUT2D eigenvalue weighted by atomic mass is 9.98. The molecule has 0 aromatic rings. The van der Waals surface area contributed by atoms with Gasteiger partial charge in [-0.1, -0.05) is 6.92 Å². The Kier molecular flexibility index (Phi) is 6.61. The Morgan fingerprint density at radius 3 is 2.38 bits per heavy atom. The first-order chi connectivity index (χ1) is 6.24. The number of terminal acetylenes is 1. The van der Waals surface area contributed by atoms with Crippen molar-refractivity contribution in [3.63, 3.8) is 0 Å². The molecule has 0 heterocycles. The third kappa shape index (κ3) is 4.28. The van der Waals surface area contributed by atoms with Gasteiger partial charge in [-0.15, -0.1) is 12.3 Å². The highest BCUT2D eigenvalue weighted by Gasteiger charge is 2.24. The molecular weight excluding hydrogens is 166 g/mol. The summed E-state index contributed by atoms with van der Waals surface area (Å²) in [6.07, 6.45) is 7.40. The Bertz CT molecular complexity index is 151. The third-order valence-corrected chi connectivity index (χ3v) is 2.28. The summed E-state index contributed by atoms with van der Waals surface area (Å²) < 4.78 is 0. The summed E-state index contributed by atoms with van der Waals surface area (Å²) in [5.41, 5.74) is -0.533. The quantitative estimate of drug-likeness (QED) is 0.390. The molecule has 0 aromatic carbocycles. The van der Waals surface area contributed by atoms with E-state index in [0.717, 1.165) is 19.4 Å². The van der Waals surface area contributed by atoms with Crippen molar-refractivity contribution >= 4 is 0 Å². The molecule has 0 saturated heterocycles. The van der Waals surface area contributed by atoms with Crippen LogP contribution in [0.25, 0.3) is 0 Å². The van der Waals surface area contributed by atoms with E-state index in [4.69, 9.17) is 16.6 Å². The number of aliphatic hydroxyl groups excluding tert-OH is 2. The fraction of sp³-hybridized carbons (Fsp3) is 0.800. The zero-order valence-electron chi connectivity index (χ0n) is 8.21. The zero-order valence-corrected chi connectivity index (χ0v) is 8.21. The molecule has 0 radical (unpaired) electrons. The van der Waals surface area contributed by atoms with E-state index in [1.807, 2.05) is 6.92 Å². The van der Waals surface area contributed by atoms with Gasteiger partial charge < -0.3 is 15.5 Å². The predicted octanol–water partition coefficient (Wildman–Crippen LogP) is 0.123. The second kappa shape index (κ2) is 6.90. The van der Waals surface area contributed by atoms with Crippen LogP contribution in [0.1, 0.15) is 26.2 Å². The molecule has 0 amide bonds. The molecule has 3 heteroatoms. The maximum Gasteiger partial charge on any atom is 0.0645 e. The fourth-order valence-electron chi connectivity index (χ4n) is 1.05. The molecule has 0 rings (SSSR count). The van der Waals surface area contributed by atoms with Crippen molar-refractivity contribution in [3.05, 3.63) is 0 Å². The maximum absolute atomic E-state index is 9.07. The van der Waals surface area contributed by atoms with Crippen molar-refractivity contribution in [2.45, 2.75) is 31.7 Å². The number of aliphatic hydroxyl groups is 2. The number of unbranched alkanes of at least 4 members (excludes halogenated alkanes) is 1. The number of hydrogen-bond acceptors (Lipinski definition) is 3. The van der Waals surface area contributed by atoms with Crippen molar-refractivity contribution in [1.82, 2.24) is 5.32 Å². The zero-order chi connectivity index (χ0) is 10.2. The predicted molar refractivity (Wildman–Crippen MR) is 53.3 cm³/mol. The van der Waals surface area contributed by atoms with Crippen LogP contribution >= 0.6 is 0 Å². The molecule has 0 fully saturated rings. The second-order valence-corrected chi connectivity index (χ2v) is 3.18. The van der Waals surface area contributed by atoms with Crippen molar-refractivity contribution in [2.24, 2.45) is 0 Å². The van der Waals surface area contributed by atoms with E-state index in [-0.39, 0.29) is 13.2 Å². The Morgan fingerprint density at radius 2 is 2.00 bits per heavy atom. The normalized spacial score (nSPS) is 11.2. The van der Waals surface area contributed by atoms with Crippen molar-refractivity contribution < 1.29 is 10.2 Å². The van der Waals surface area contributed by atoms with Gasteiger partial charge in [-0.2, -0.15) is 0 Å². The summed E-state index contributed by atoms with van der Waals surface area (Å²) in [5, 5.41) is 21.3. The number of hydrogen-bond donors (Lipinski definition) is 3. The molecular formula is C10H19NO2. The van der Waals surface area contributed by atoms with E-state index in [9.17, 15) is 0 Å².